The number of hydrogen-bond acceptors (Lipinski definition) is 1. The molecule has 1 heterocycles. The molecule has 0 radical (unpaired) electrons. The Morgan fingerprint density at radius 1 is 0.731 bits per heavy atom. The van der Waals surface area contributed by atoms with E-state index in [4.69, 9.17) is 4.99 Å². The van der Waals surface area contributed by atoms with Crippen LogP contribution in [0.3, 0.4) is 0 Å². The predicted molar refractivity (Wildman–Crippen MR) is 106 cm³/mol. The maximum Gasteiger partial charge on any atom is 0.0719 e. The first-order valence-corrected chi connectivity index (χ1v) is 9.23. The van der Waals surface area contributed by atoms with E-state index in [-0.39, 0.29) is 5.41 Å². The molecule has 3 aromatic carbocycles. The van der Waals surface area contributed by atoms with E-state index < -0.39 is 0 Å². The van der Waals surface area contributed by atoms with E-state index in [1.807, 2.05) is 0 Å². The summed E-state index contributed by atoms with van der Waals surface area (Å²) in [5.74, 6) is 0. The SMILES string of the molecule is C1=CC2=Nc3cccc4c3C2=C(C1)C41c2ccccc2-c2ccccc21. The smallest absolute Gasteiger partial charge is 0.0719 e. The number of hydrogen-bond donors (Lipinski definition) is 0. The van der Waals surface area contributed by atoms with Crippen LogP contribution in [0.4, 0.5) is 5.69 Å². The van der Waals surface area contributed by atoms with Crippen LogP contribution in [-0.2, 0) is 5.41 Å². The fourth-order valence-corrected chi connectivity index (χ4v) is 5.69. The van der Waals surface area contributed by atoms with Gasteiger partial charge in [-0.1, -0.05) is 66.7 Å². The molecule has 0 N–H and O–H groups in total. The number of benzene rings is 3. The van der Waals surface area contributed by atoms with Crippen LogP contribution in [0, 0.1) is 0 Å². The lowest BCUT2D eigenvalue weighted by molar-refractivity contribution is 0.746. The molecule has 7 rings (SSSR count). The van der Waals surface area contributed by atoms with Crippen LogP contribution in [0.5, 0.6) is 0 Å². The summed E-state index contributed by atoms with van der Waals surface area (Å²) in [6, 6.07) is 24.6. The molecule has 0 saturated carbocycles. The molecule has 26 heavy (non-hydrogen) atoms. The van der Waals surface area contributed by atoms with Crippen LogP contribution in [0.2, 0.25) is 0 Å². The number of allylic oxidation sites excluding steroid dienone is 4. The third-order valence-corrected chi connectivity index (χ3v) is 6.50. The summed E-state index contributed by atoms with van der Waals surface area (Å²) in [6.07, 6.45) is 5.48. The van der Waals surface area contributed by atoms with Gasteiger partial charge in [-0.05, 0) is 52.0 Å². The summed E-state index contributed by atoms with van der Waals surface area (Å²) in [4.78, 5) is 4.90. The molecule has 4 aliphatic rings. The summed E-state index contributed by atoms with van der Waals surface area (Å²) in [5.41, 5.74) is 13.4. The quantitative estimate of drug-likeness (QED) is 0.493. The van der Waals surface area contributed by atoms with Crippen LogP contribution in [0.1, 0.15) is 28.7 Å². The van der Waals surface area contributed by atoms with Gasteiger partial charge < -0.3 is 0 Å². The molecule has 0 unspecified atom stereocenters. The molecule has 0 saturated heterocycles. The molecule has 3 aromatic rings. The van der Waals surface area contributed by atoms with E-state index in [9.17, 15) is 0 Å². The molecule has 120 valence electrons. The lowest BCUT2D eigenvalue weighted by Gasteiger charge is -2.33. The van der Waals surface area contributed by atoms with Crippen molar-refractivity contribution in [2.45, 2.75) is 11.8 Å². The van der Waals surface area contributed by atoms with Gasteiger partial charge in [0, 0.05) is 11.1 Å². The minimum Gasteiger partial charge on any atom is -0.248 e. The van der Waals surface area contributed by atoms with Gasteiger partial charge in [-0.15, -0.1) is 0 Å². The second-order valence-electron chi connectivity index (χ2n) is 7.50. The van der Waals surface area contributed by atoms with Crippen molar-refractivity contribution in [3.63, 3.8) is 0 Å². The van der Waals surface area contributed by atoms with E-state index in [1.54, 1.807) is 0 Å². The van der Waals surface area contributed by atoms with Crippen molar-refractivity contribution in [1.82, 2.24) is 0 Å². The molecule has 1 heteroatoms. The molecule has 0 aromatic heterocycles. The van der Waals surface area contributed by atoms with Gasteiger partial charge in [0.2, 0.25) is 0 Å². The van der Waals surface area contributed by atoms with Crippen LogP contribution in [0.15, 0.2) is 89.4 Å². The summed E-state index contributed by atoms with van der Waals surface area (Å²) in [6.45, 7) is 0. The highest BCUT2D eigenvalue weighted by atomic mass is 14.8. The van der Waals surface area contributed by atoms with E-state index >= 15 is 0 Å². The molecule has 1 spiro atoms. The highest BCUT2D eigenvalue weighted by molar-refractivity contribution is 6.37. The lowest BCUT2D eigenvalue weighted by Crippen LogP contribution is -2.28. The van der Waals surface area contributed by atoms with Crippen molar-refractivity contribution in [1.29, 1.82) is 0 Å². The predicted octanol–water partition coefficient (Wildman–Crippen LogP) is 5.81. The fraction of sp³-hybridized carbons (Fsp3) is 0.0800. The fourth-order valence-electron chi connectivity index (χ4n) is 5.69. The van der Waals surface area contributed by atoms with Crippen molar-refractivity contribution in [2.75, 3.05) is 0 Å². The molecular weight excluding hydrogens is 314 g/mol. The Labute approximate surface area is 152 Å². The van der Waals surface area contributed by atoms with Gasteiger partial charge in [-0.25, -0.2) is 4.99 Å². The maximum absolute atomic E-state index is 4.90. The van der Waals surface area contributed by atoms with Crippen LogP contribution < -0.4 is 0 Å². The molecule has 3 aliphatic carbocycles. The topological polar surface area (TPSA) is 12.4 Å². The Hall–Kier alpha value is -3.19. The Balaban J connectivity index is 1.74. The van der Waals surface area contributed by atoms with Crippen LogP contribution in [-0.4, -0.2) is 5.71 Å². The molecule has 1 aliphatic heterocycles. The average molecular weight is 329 g/mol. The molecule has 1 nitrogen and oxygen atoms in total. The number of rotatable bonds is 0. The van der Waals surface area contributed by atoms with Gasteiger partial charge >= 0.3 is 0 Å². The van der Waals surface area contributed by atoms with E-state index in [0.717, 1.165) is 17.8 Å². The Morgan fingerprint density at radius 3 is 2.19 bits per heavy atom. The molecule has 0 amide bonds. The van der Waals surface area contributed by atoms with Gasteiger partial charge in [0.1, 0.15) is 0 Å². The van der Waals surface area contributed by atoms with Gasteiger partial charge in [-0.3, -0.25) is 0 Å². The van der Waals surface area contributed by atoms with Gasteiger partial charge in [0.25, 0.3) is 0 Å². The summed E-state index contributed by atoms with van der Waals surface area (Å²) < 4.78 is 0. The van der Waals surface area contributed by atoms with Gasteiger partial charge in [0.15, 0.2) is 0 Å². The first kappa shape index (κ1) is 13.1. The zero-order chi connectivity index (χ0) is 16.9. The minimum absolute atomic E-state index is 0.153. The second-order valence-corrected chi connectivity index (χ2v) is 7.50. The highest BCUT2D eigenvalue weighted by Crippen LogP contribution is 2.65. The van der Waals surface area contributed by atoms with E-state index in [0.29, 0.717) is 0 Å². The maximum atomic E-state index is 4.90. The zero-order valence-electron chi connectivity index (χ0n) is 14.2. The number of fused-ring (bicyclic) bond motifs is 7. The monoisotopic (exact) mass is 329 g/mol. The second kappa shape index (κ2) is 4.13. The standard InChI is InChI=1S/C25H15N/c1-3-9-17-15(7-1)16-8-2-4-10-18(16)25(17)19-11-5-13-21-23(19)24-20(25)12-6-14-22(24)26-21/h1-11,13-14H,12H2. The first-order valence-electron chi connectivity index (χ1n) is 9.23. The zero-order valence-corrected chi connectivity index (χ0v) is 14.2. The van der Waals surface area contributed by atoms with Crippen molar-refractivity contribution < 1.29 is 0 Å². The summed E-state index contributed by atoms with van der Waals surface area (Å²) in [7, 11) is 0. The summed E-state index contributed by atoms with van der Waals surface area (Å²) >= 11 is 0. The highest BCUT2D eigenvalue weighted by Gasteiger charge is 2.54. The van der Waals surface area contributed by atoms with E-state index in [2.05, 4.69) is 78.9 Å². The normalized spacial score (nSPS) is 18.8. The first-order chi connectivity index (χ1) is 12.9. The Morgan fingerprint density at radius 2 is 1.42 bits per heavy atom. The van der Waals surface area contributed by atoms with Crippen LogP contribution >= 0.6 is 0 Å². The van der Waals surface area contributed by atoms with Gasteiger partial charge in [0.05, 0.1) is 16.8 Å². The molecule has 0 atom stereocenters. The third-order valence-electron chi connectivity index (χ3n) is 6.50. The number of aliphatic imine (C=N–C) groups is 1. The Kier molecular flexibility index (Phi) is 2.08. The van der Waals surface area contributed by atoms with Gasteiger partial charge in [-0.2, -0.15) is 0 Å². The molecular formula is C25H15N. The lowest BCUT2D eigenvalue weighted by atomic mass is 9.68. The molecule has 0 bridgehead atoms. The minimum atomic E-state index is -0.153. The van der Waals surface area contributed by atoms with Crippen molar-refractivity contribution in [3.05, 3.63) is 107 Å². The van der Waals surface area contributed by atoms with E-state index in [1.165, 1.54) is 44.5 Å². The summed E-state index contributed by atoms with van der Waals surface area (Å²) in [5, 5.41) is 0. The van der Waals surface area contributed by atoms with Crippen molar-refractivity contribution >= 4 is 17.0 Å². The van der Waals surface area contributed by atoms with Crippen molar-refractivity contribution in [2.24, 2.45) is 4.99 Å². The molecule has 0 fully saturated rings. The average Bonchev–Trinajstić information content (AvgIpc) is 3.32. The van der Waals surface area contributed by atoms with Crippen LogP contribution in [0.25, 0.3) is 16.7 Å². The number of nitrogens with zero attached hydrogens (tertiary/aromatic N) is 1. The Bertz CT molecular complexity index is 1210. The van der Waals surface area contributed by atoms with Crippen molar-refractivity contribution in [3.8, 4) is 11.1 Å². The largest absolute Gasteiger partial charge is 0.248 e. The third kappa shape index (κ3) is 1.19.